The molecule has 0 bridgehead atoms. The summed E-state index contributed by atoms with van der Waals surface area (Å²) in [5.74, 6) is 0. The zero-order valence-corrected chi connectivity index (χ0v) is 8.88. The van der Waals surface area contributed by atoms with Crippen LogP contribution < -0.4 is 5.32 Å². The van der Waals surface area contributed by atoms with Crippen LogP contribution in [0.25, 0.3) is 0 Å². The molecule has 13 heavy (non-hydrogen) atoms. The van der Waals surface area contributed by atoms with Gasteiger partial charge in [0, 0.05) is 28.8 Å². The van der Waals surface area contributed by atoms with Gasteiger partial charge in [0.2, 0.25) is 0 Å². The topological polar surface area (TPSA) is 55.2 Å². The second-order valence-corrected chi connectivity index (χ2v) is 3.48. The van der Waals surface area contributed by atoms with Crippen molar-refractivity contribution >= 4 is 27.3 Å². The smallest absolute Gasteiger partial charge is 0.273 e. The summed E-state index contributed by atoms with van der Waals surface area (Å²) in [5, 5.41) is 13.5. The molecule has 0 amide bonds. The molecule has 0 atom stereocenters. The lowest BCUT2D eigenvalue weighted by molar-refractivity contribution is -0.385. The molecule has 0 saturated carbocycles. The molecule has 4 nitrogen and oxygen atoms in total. The number of benzene rings is 1. The van der Waals surface area contributed by atoms with E-state index in [9.17, 15) is 10.1 Å². The van der Waals surface area contributed by atoms with E-state index in [1.54, 1.807) is 20.0 Å². The summed E-state index contributed by atoms with van der Waals surface area (Å²) in [6.45, 7) is 1.71. The molecule has 0 aromatic heterocycles. The van der Waals surface area contributed by atoms with Crippen LogP contribution in [0.4, 0.5) is 11.4 Å². The van der Waals surface area contributed by atoms with E-state index in [0.29, 0.717) is 10.0 Å². The summed E-state index contributed by atoms with van der Waals surface area (Å²) in [5.41, 5.74) is 1.63. The summed E-state index contributed by atoms with van der Waals surface area (Å²) in [7, 11) is 1.77. The molecule has 0 fully saturated rings. The predicted molar refractivity (Wildman–Crippen MR) is 55.1 cm³/mol. The Kier molecular flexibility index (Phi) is 2.87. The van der Waals surface area contributed by atoms with Gasteiger partial charge < -0.3 is 5.32 Å². The first-order chi connectivity index (χ1) is 6.06. The Morgan fingerprint density at radius 3 is 2.62 bits per heavy atom. The number of nitro groups is 1. The van der Waals surface area contributed by atoms with Crippen LogP contribution in [0.1, 0.15) is 5.56 Å². The lowest BCUT2D eigenvalue weighted by Crippen LogP contribution is -1.95. The van der Waals surface area contributed by atoms with E-state index < -0.39 is 0 Å². The molecule has 1 aromatic carbocycles. The van der Waals surface area contributed by atoms with Crippen molar-refractivity contribution in [2.45, 2.75) is 6.92 Å². The van der Waals surface area contributed by atoms with Gasteiger partial charge in [-0.05, 0) is 28.9 Å². The molecule has 0 spiro atoms. The second kappa shape index (κ2) is 3.74. The lowest BCUT2D eigenvalue weighted by atomic mass is 10.2. The third kappa shape index (κ3) is 1.98. The first-order valence-corrected chi connectivity index (χ1v) is 4.48. The zero-order valence-electron chi connectivity index (χ0n) is 7.30. The van der Waals surface area contributed by atoms with E-state index in [1.165, 1.54) is 6.07 Å². The van der Waals surface area contributed by atoms with Gasteiger partial charge in [-0.2, -0.15) is 0 Å². The van der Waals surface area contributed by atoms with Crippen molar-refractivity contribution < 1.29 is 4.92 Å². The highest BCUT2D eigenvalue weighted by Gasteiger charge is 2.12. The number of nitrogens with zero attached hydrogens (tertiary/aromatic N) is 1. The van der Waals surface area contributed by atoms with Gasteiger partial charge in [0.1, 0.15) is 0 Å². The quantitative estimate of drug-likeness (QED) is 0.643. The second-order valence-electron chi connectivity index (χ2n) is 2.63. The first-order valence-electron chi connectivity index (χ1n) is 3.68. The van der Waals surface area contributed by atoms with Crippen molar-refractivity contribution in [1.29, 1.82) is 0 Å². The fourth-order valence-corrected chi connectivity index (χ4v) is 1.59. The number of anilines is 1. The molecular formula is C8H9BrN2O2. The third-order valence-electron chi connectivity index (χ3n) is 1.75. The van der Waals surface area contributed by atoms with E-state index in [1.807, 2.05) is 0 Å². The molecule has 0 saturated heterocycles. The maximum absolute atomic E-state index is 10.5. The molecule has 0 unspecified atom stereocenters. The van der Waals surface area contributed by atoms with Gasteiger partial charge in [-0.3, -0.25) is 10.1 Å². The van der Waals surface area contributed by atoms with Gasteiger partial charge in [-0.25, -0.2) is 0 Å². The summed E-state index contributed by atoms with van der Waals surface area (Å²) >= 11 is 3.24. The van der Waals surface area contributed by atoms with Crippen LogP contribution in [0.5, 0.6) is 0 Å². The number of hydrogen-bond donors (Lipinski definition) is 1. The molecule has 0 radical (unpaired) electrons. The predicted octanol–water partition coefficient (Wildman–Crippen LogP) is 2.71. The molecule has 0 aliphatic heterocycles. The maximum Gasteiger partial charge on any atom is 0.273 e. The van der Waals surface area contributed by atoms with E-state index >= 15 is 0 Å². The highest BCUT2D eigenvalue weighted by atomic mass is 79.9. The van der Waals surface area contributed by atoms with Gasteiger partial charge in [0.05, 0.1) is 4.92 Å². The average molecular weight is 245 g/mol. The highest BCUT2D eigenvalue weighted by molar-refractivity contribution is 9.10. The monoisotopic (exact) mass is 244 g/mol. The molecule has 1 N–H and O–H groups in total. The van der Waals surface area contributed by atoms with Crippen molar-refractivity contribution in [3.8, 4) is 0 Å². The van der Waals surface area contributed by atoms with Crippen LogP contribution in [0.3, 0.4) is 0 Å². The Morgan fingerprint density at radius 1 is 1.54 bits per heavy atom. The molecule has 0 aliphatic carbocycles. The molecule has 0 heterocycles. The molecular weight excluding hydrogens is 236 g/mol. The first kappa shape index (κ1) is 9.98. The van der Waals surface area contributed by atoms with Crippen LogP contribution >= 0.6 is 15.9 Å². The summed E-state index contributed by atoms with van der Waals surface area (Å²) in [6, 6.07) is 3.24. The van der Waals surface area contributed by atoms with E-state index in [2.05, 4.69) is 21.2 Å². The minimum atomic E-state index is -0.389. The van der Waals surface area contributed by atoms with Crippen molar-refractivity contribution in [3.05, 3.63) is 32.3 Å². The van der Waals surface area contributed by atoms with Gasteiger partial charge in [-0.1, -0.05) is 0 Å². The Labute approximate surface area is 84.2 Å². The van der Waals surface area contributed by atoms with Crippen LogP contribution in [0.2, 0.25) is 0 Å². The zero-order chi connectivity index (χ0) is 10.0. The van der Waals surface area contributed by atoms with E-state index in [4.69, 9.17) is 0 Å². The average Bonchev–Trinajstić information content (AvgIpc) is 2.07. The Hall–Kier alpha value is -1.10. The Balaban J connectivity index is 3.28. The van der Waals surface area contributed by atoms with Crippen molar-refractivity contribution in [3.63, 3.8) is 0 Å². The highest BCUT2D eigenvalue weighted by Crippen LogP contribution is 2.29. The fraction of sp³-hybridized carbons (Fsp3) is 0.250. The number of halogens is 1. The van der Waals surface area contributed by atoms with Crippen LogP contribution in [0.15, 0.2) is 16.6 Å². The largest absolute Gasteiger partial charge is 0.387 e. The molecule has 1 rings (SSSR count). The number of hydrogen-bond acceptors (Lipinski definition) is 3. The fourth-order valence-electron chi connectivity index (χ4n) is 1.06. The minimum absolute atomic E-state index is 0.130. The number of nitro benzene ring substituents is 1. The van der Waals surface area contributed by atoms with Crippen molar-refractivity contribution in [2.24, 2.45) is 0 Å². The Morgan fingerprint density at radius 2 is 2.15 bits per heavy atom. The summed E-state index contributed by atoms with van der Waals surface area (Å²) < 4.78 is 0.701. The number of aryl methyl sites for hydroxylation is 1. The molecule has 0 aliphatic rings. The van der Waals surface area contributed by atoms with Gasteiger partial charge in [0.15, 0.2) is 0 Å². The molecule has 70 valence electrons. The van der Waals surface area contributed by atoms with E-state index in [-0.39, 0.29) is 10.6 Å². The standard InChI is InChI=1S/C8H9BrN2O2/c1-5-3-7(10-2)6(9)4-8(5)11(12)13/h3-4,10H,1-2H3. The number of rotatable bonds is 2. The normalized spacial score (nSPS) is 9.77. The third-order valence-corrected chi connectivity index (χ3v) is 2.41. The minimum Gasteiger partial charge on any atom is -0.387 e. The van der Waals surface area contributed by atoms with Crippen LogP contribution in [0, 0.1) is 17.0 Å². The van der Waals surface area contributed by atoms with Crippen LogP contribution in [-0.4, -0.2) is 12.0 Å². The molecule has 5 heteroatoms. The summed E-state index contributed by atoms with van der Waals surface area (Å²) in [6.07, 6.45) is 0. The van der Waals surface area contributed by atoms with Gasteiger partial charge in [-0.15, -0.1) is 0 Å². The van der Waals surface area contributed by atoms with Gasteiger partial charge >= 0.3 is 0 Å². The number of nitrogens with one attached hydrogen (secondary N) is 1. The van der Waals surface area contributed by atoms with Crippen molar-refractivity contribution in [2.75, 3.05) is 12.4 Å². The van der Waals surface area contributed by atoms with Crippen molar-refractivity contribution in [1.82, 2.24) is 0 Å². The van der Waals surface area contributed by atoms with Crippen LogP contribution in [-0.2, 0) is 0 Å². The SMILES string of the molecule is CNc1cc(C)c([N+](=O)[O-])cc1Br. The van der Waals surface area contributed by atoms with E-state index in [0.717, 1.165) is 5.69 Å². The van der Waals surface area contributed by atoms with Gasteiger partial charge in [0.25, 0.3) is 5.69 Å². The Bertz CT molecular complexity index is 352. The lowest BCUT2D eigenvalue weighted by Gasteiger charge is -2.04. The maximum atomic E-state index is 10.5. The summed E-state index contributed by atoms with van der Waals surface area (Å²) in [4.78, 5) is 10.1. The molecule has 1 aromatic rings.